The van der Waals surface area contributed by atoms with Gasteiger partial charge in [0.25, 0.3) is 0 Å². The normalized spacial score (nSPS) is 17.1. The molecular weight excluding hydrogens is 343 g/mol. The van der Waals surface area contributed by atoms with Crippen LogP contribution in [0.15, 0.2) is 36.4 Å². The van der Waals surface area contributed by atoms with Crippen LogP contribution in [-0.2, 0) is 6.54 Å². The third-order valence-corrected chi connectivity index (χ3v) is 5.32. The average molecular weight is 363 g/mol. The molecule has 5 heteroatoms. The fraction of sp³-hybridized carbons (Fsp3) is 0.368. The molecule has 3 aromatic rings. The number of fused-ring (bicyclic) bond motifs is 3. The Hall–Kier alpha value is -1.26. The second kappa shape index (κ2) is 6.57. The highest BCUT2D eigenvalue weighted by molar-refractivity contribution is 6.33. The molecule has 1 fully saturated rings. The highest BCUT2D eigenvalue weighted by atomic mass is 35.5. The fourth-order valence-corrected chi connectivity index (χ4v) is 4.12. The zero-order valence-corrected chi connectivity index (χ0v) is 14.9. The Balaban J connectivity index is 1.75. The number of hydrogen-bond acceptors (Lipinski definition) is 2. The zero-order valence-electron chi connectivity index (χ0n) is 13.4. The van der Waals surface area contributed by atoms with Gasteiger partial charge in [-0.2, -0.15) is 0 Å². The number of likely N-dealkylation sites (tertiary alicyclic amines) is 1. The van der Waals surface area contributed by atoms with Crippen LogP contribution in [-0.4, -0.2) is 40.3 Å². The molecular formula is C19H20Cl2N2O. The monoisotopic (exact) mass is 362 g/mol. The van der Waals surface area contributed by atoms with Gasteiger partial charge in [0, 0.05) is 38.4 Å². The van der Waals surface area contributed by atoms with Gasteiger partial charge in [-0.25, -0.2) is 0 Å². The molecule has 0 saturated carbocycles. The van der Waals surface area contributed by atoms with Crippen LogP contribution in [0.5, 0.6) is 0 Å². The summed E-state index contributed by atoms with van der Waals surface area (Å²) in [7, 11) is 0. The van der Waals surface area contributed by atoms with Crippen molar-refractivity contribution in [3.63, 3.8) is 0 Å². The summed E-state index contributed by atoms with van der Waals surface area (Å²) < 4.78 is 2.18. The molecule has 0 aliphatic carbocycles. The standard InChI is InChI=1S/C19H20Cl2N2O/c20-13-3-5-18-16(9-13)17-10-14(21)4-6-19(17)23(18)12-15(24)11-22-7-1-2-8-22/h3-6,9-10,15,24H,1-2,7-8,11-12H2/t15-/m1/s1. The molecule has 0 spiro atoms. The van der Waals surface area contributed by atoms with Gasteiger partial charge in [0.1, 0.15) is 0 Å². The molecule has 1 aliphatic heterocycles. The number of aromatic nitrogens is 1. The third-order valence-electron chi connectivity index (χ3n) is 4.85. The van der Waals surface area contributed by atoms with Crippen molar-refractivity contribution in [3.8, 4) is 0 Å². The van der Waals surface area contributed by atoms with Crippen LogP contribution in [0, 0.1) is 0 Å². The van der Waals surface area contributed by atoms with E-state index in [0.717, 1.165) is 41.4 Å². The minimum Gasteiger partial charge on any atom is -0.390 e. The lowest BCUT2D eigenvalue weighted by atomic mass is 10.1. The molecule has 2 heterocycles. The average Bonchev–Trinajstić information content (AvgIpc) is 3.15. The Morgan fingerprint density at radius 1 is 0.875 bits per heavy atom. The van der Waals surface area contributed by atoms with Gasteiger partial charge in [0.05, 0.1) is 12.6 Å². The number of hydrogen-bond donors (Lipinski definition) is 1. The fourth-order valence-electron chi connectivity index (χ4n) is 3.78. The van der Waals surface area contributed by atoms with E-state index in [9.17, 15) is 5.11 Å². The number of β-amino-alcohol motifs (C(OH)–C–C–N with tert-alkyl or cyclic N) is 1. The lowest BCUT2D eigenvalue weighted by Crippen LogP contribution is -2.32. The molecule has 3 nitrogen and oxygen atoms in total. The Kier molecular flexibility index (Phi) is 4.44. The second-order valence-electron chi connectivity index (χ2n) is 6.60. The first-order chi connectivity index (χ1) is 11.6. The van der Waals surface area contributed by atoms with E-state index in [2.05, 4.69) is 9.47 Å². The summed E-state index contributed by atoms with van der Waals surface area (Å²) >= 11 is 12.4. The van der Waals surface area contributed by atoms with Crippen molar-refractivity contribution in [2.24, 2.45) is 0 Å². The SMILES string of the molecule is O[C@H](CN1CCCC1)Cn1c2ccc(Cl)cc2c2cc(Cl)ccc21. The van der Waals surface area contributed by atoms with E-state index < -0.39 is 6.10 Å². The van der Waals surface area contributed by atoms with Crippen molar-refractivity contribution < 1.29 is 5.11 Å². The van der Waals surface area contributed by atoms with E-state index in [1.807, 2.05) is 36.4 Å². The summed E-state index contributed by atoms with van der Waals surface area (Å²) in [4.78, 5) is 2.34. The number of benzene rings is 2. The van der Waals surface area contributed by atoms with Crippen LogP contribution in [0.3, 0.4) is 0 Å². The molecule has 0 radical (unpaired) electrons. The van der Waals surface area contributed by atoms with Gasteiger partial charge >= 0.3 is 0 Å². The third kappa shape index (κ3) is 3.02. The lowest BCUT2D eigenvalue weighted by Gasteiger charge is -2.20. The second-order valence-corrected chi connectivity index (χ2v) is 7.47. The summed E-state index contributed by atoms with van der Waals surface area (Å²) in [5.41, 5.74) is 2.16. The van der Waals surface area contributed by atoms with Crippen LogP contribution >= 0.6 is 23.2 Å². The maximum atomic E-state index is 10.6. The predicted octanol–water partition coefficient (Wildman–Crippen LogP) is 4.56. The molecule has 1 N–H and O–H groups in total. The van der Waals surface area contributed by atoms with Crippen molar-refractivity contribution in [1.29, 1.82) is 0 Å². The number of rotatable bonds is 4. The van der Waals surface area contributed by atoms with E-state index in [1.165, 1.54) is 12.8 Å². The van der Waals surface area contributed by atoms with Crippen LogP contribution in [0.2, 0.25) is 10.0 Å². The minimum absolute atomic E-state index is 0.395. The Morgan fingerprint density at radius 3 is 1.96 bits per heavy atom. The van der Waals surface area contributed by atoms with E-state index in [0.29, 0.717) is 16.6 Å². The maximum Gasteiger partial charge on any atom is 0.0845 e. The molecule has 126 valence electrons. The Bertz CT molecular complexity index is 825. The topological polar surface area (TPSA) is 28.4 Å². The largest absolute Gasteiger partial charge is 0.390 e. The minimum atomic E-state index is -0.395. The number of aliphatic hydroxyl groups is 1. The molecule has 24 heavy (non-hydrogen) atoms. The van der Waals surface area contributed by atoms with Gasteiger partial charge in [-0.15, -0.1) is 0 Å². The van der Waals surface area contributed by atoms with Crippen molar-refractivity contribution in [1.82, 2.24) is 9.47 Å². The van der Waals surface area contributed by atoms with Gasteiger partial charge in [0.2, 0.25) is 0 Å². The Morgan fingerprint density at radius 2 is 1.42 bits per heavy atom. The Labute approximate surface area is 151 Å². The van der Waals surface area contributed by atoms with Gasteiger partial charge in [0.15, 0.2) is 0 Å². The van der Waals surface area contributed by atoms with Crippen LogP contribution in [0.1, 0.15) is 12.8 Å². The molecule has 1 atom stereocenters. The van der Waals surface area contributed by atoms with Crippen molar-refractivity contribution >= 4 is 45.0 Å². The maximum absolute atomic E-state index is 10.6. The number of nitrogens with zero attached hydrogens (tertiary/aromatic N) is 2. The van der Waals surface area contributed by atoms with E-state index in [-0.39, 0.29) is 0 Å². The summed E-state index contributed by atoms with van der Waals surface area (Å²) in [5, 5.41) is 14.2. The van der Waals surface area contributed by atoms with Crippen molar-refractivity contribution in [2.75, 3.05) is 19.6 Å². The molecule has 0 unspecified atom stereocenters. The molecule has 1 aliphatic rings. The van der Waals surface area contributed by atoms with Gasteiger partial charge in [-0.1, -0.05) is 23.2 Å². The highest BCUT2D eigenvalue weighted by Gasteiger charge is 2.18. The molecule has 4 rings (SSSR count). The number of halogens is 2. The molecule has 0 amide bonds. The van der Waals surface area contributed by atoms with Gasteiger partial charge < -0.3 is 14.6 Å². The van der Waals surface area contributed by atoms with Crippen LogP contribution < -0.4 is 0 Å². The van der Waals surface area contributed by atoms with Crippen LogP contribution in [0.4, 0.5) is 0 Å². The van der Waals surface area contributed by atoms with Gasteiger partial charge in [-0.05, 0) is 62.3 Å². The molecule has 1 saturated heterocycles. The van der Waals surface area contributed by atoms with E-state index in [4.69, 9.17) is 23.2 Å². The van der Waals surface area contributed by atoms with E-state index >= 15 is 0 Å². The lowest BCUT2D eigenvalue weighted by molar-refractivity contribution is 0.111. The summed E-state index contributed by atoms with van der Waals surface area (Å²) in [6.45, 7) is 3.48. The summed E-state index contributed by atoms with van der Waals surface area (Å²) in [6.07, 6.45) is 2.08. The van der Waals surface area contributed by atoms with Crippen molar-refractivity contribution in [2.45, 2.75) is 25.5 Å². The molecule has 1 aromatic heterocycles. The molecule has 2 aromatic carbocycles. The van der Waals surface area contributed by atoms with E-state index in [1.54, 1.807) is 0 Å². The summed E-state index contributed by atoms with van der Waals surface area (Å²) in [5.74, 6) is 0. The zero-order chi connectivity index (χ0) is 16.7. The first-order valence-corrected chi connectivity index (χ1v) is 9.15. The van der Waals surface area contributed by atoms with Crippen molar-refractivity contribution in [3.05, 3.63) is 46.4 Å². The smallest absolute Gasteiger partial charge is 0.0845 e. The summed E-state index contributed by atoms with van der Waals surface area (Å²) in [6, 6.07) is 11.8. The first-order valence-electron chi connectivity index (χ1n) is 8.39. The quantitative estimate of drug-likeness (QED) is 0.736. The van der Waals surface area contributed by atoms with Crippen LogP contribution in [0.25, 0.3) is 21.8 Å². The predicted molar refractivity (Wildman–Crippen MR) is 101 cm³/mol. The molecule has 0 bridgehead atoms. The first kappa shape index (κ1) is 16.2. The number of aliphatic hydroxyl groups excluding tert-OH is 1. The van der Waals surface area contributed by atoms with Gasteiger partial charge in [-0.3, -0.25) is 0 Å². The highest BCUT2D eigenvalue weighted by Crippen LogP contribution is 2.33.